The van der Waals surface area contributed by atoms with Crippen LogP contribution in [0.2, 0.25) is 10.0 Å². The van der Waals surface area contributed by atoms with Crippen LogP contribution in [-0.2, 0) is 11.3 Å². The first-order valence-corrected chi connectivity index (χ1v) is 12.5. The second kappa shape index (κ2) is 10.7. The minimum absolute atomic E-state index is 0.0415. The highest BCUT2D eigenvalue weighted by atomic mass is 35.5. The van der Waals surface area contributed by atoms with Gasteiger partial charge in [0.15, 0.2) is 11.5 Å². The molecule has 3 aromatic rings. The van der Waals surface area contributed by atoms with Gasteiger partial charge in [0.25, 0.3) is 11.1 Å². The first-order valence-electron chi connectivity index (χ1n) is 10.1. The van der Waals surface area contributed by atoms with E-state index >= 15 is 0 Å². The summed E-state index contributed by atoms with van der Waals surface area (Å²) in [5, 5.41) is 2.24. The Labute approximate surface area is 214 Å². The van der Waals surface area contributed by atoms with E-state index in [0.717, 1.165) is 16.7 Å². The smallest absolute Gasteiger partial charge is 0.353 e. The highest BCUT2D eigenvalue weighted by Gasteiger charge is 2.35. The molecule has 6 nitrogen and oxygen atoms in total. The zero-order valence-electron chi connectivity index (χ0n) is 17.7. The van der Waals surface area contributed by atoms with Gasteiger partial charge in [-0.2, -0.15) is 0 Å². The number of carbonyl (C=O) groups is 3. The molecule has 4 rings (SSSR count). The Balaban J connectivity index is 1.54. The number of thiophene rings is 1. The fraction of sp³-hybridized carbons (Fsp3) is 0.125. The van der Waals surface area contributed by atoms with Crippen LogP contribution >= 0.6 is 46.3 Å². The number of hydrogen-bond donors (Lipinski definition) is 0. The van der Waals surface area contributed by atoms with Gasteiger partial charge in [-0.1, -0.05) is 41.4 Å². The Morgan fingerprint density at radius 1 is 1.09 bits per heavy atom. The van der Waals surface area contributed by atoms with Crippen LogP contribution in [0.15, 0.2) is 58.8 Å². The largest absolute Gasteiger partial charge is 0.490 e. The second-order valence-corrected chi connectivity index (χ2v) is 9.79. The predicted octanol–water partition coefficient (Wildman–Crippen LogP) is 6.91. The van der Waals surface area contributed by atoms with Gasteiger partial charge in [0.2, 0.25) is 0 Å². The van der Waals surface area contributed by atoms with Gasteiger partial charge in [-0.3, -0.25) is 14.5 Å². The van der Waals surface area contributed by atoms with E-state index in [4.69, 9.17) is 32.7 Å². The summed E-state index contributed by atoms with van der Waals surface area (Å²) >= 11 is 14.2. The molecule has 1 aliphatic rings. The van der Waals surface area contributed by atoms with Crippen molar-refractivity contribution >= 4 is 69.5 Å². The molecule has 0 aliphatic carbocycles. The minimum Gasteiger partial charge on any atom is -0.490 e. The third-order valence-electron chi connectivity index (χ3n) is 4.71. The molecule has 0 bridgehead atoms. The Hall–Kier alpha value is -2.78. The van der Waals surface area contributed by atoms with Crippen LogP contribution in [0.25, 0.3) is 6.08 Å². The number of imide groups is 1. The van der Waals surface area contributed by atoms with Crippen molar-refractivity contribution in [1.82, 2.24) is 4.90 Å². The molecular weight excluding hydrogens is 517 g/mol. The van der Waals surface area contributed by atoms with Gasteiger partial charge in [-0.25, -0.2) is 4.79 Å². The van der Waals surface area contributed by atoms with Crippen LogP contribution in [0, 0.1) is 0 Å². The second-order valence-electron chi connectivity index (χ2n) is 7.01. The van der Waals surface area contributed by atoms with Crippen LogP contribution in [0.3, 0.4) is 0 Å². The molecule has 1 aromatic heterocycles. The van der Waals surface area contributed by atoms with Gasteiger partial charge < -0.3 is 9.47 Å². The summed E-state index contributed by atoms with van der Waals surface area (Å²) in [7, 11) is 0. The van der Waals surface area contributed by atoms with Gasteiger partial charge in [0, 0.05) is 10.0 Å². The summed E-state index contributed by atoms with van der Waals surface area (Å²) in [6.07, 6.45) is 1.60. The number of amides is 2. The third-order valence-corrected chi connectivity index (χ3v) is 7.05. The summed E-state index contributed by atoms with van der Waals surface area (Å²) in [4.78, 5) is 39.6. The van der Waals surface area contributed by atoms with E-state index in [9.17, 15) is 14.4 Å². The number of carbonyl (C=O) groups excluding carboxylic acids is 3. The molecule has 0 spiro atoms. The molecule has 34 heavy (non-hydrogen) atoms. The molecule has 1 saturated heterocycles. The van der Waals surface area contributed by atoms with Crippen molar-refractivity contribution in [3.63, 3.8) is 0 Å². The molecule has 2 aromatic carbocycles. The summed E-state index contributed by atoms with van der Waals surface area (Å²) < 4.78 is 11.1. The number of ether oxygens (including phenoxy) is 2. The molecule has 0 unspecified atom stereocenters. The highest BCUT2D eigenvalue weighted by Crippen LogP contribution is 2.36. The molecule has 2 heterocycles. The zero-order chi connectivity index (χ0) is 24.2. The average molecular weight is 534 g/mol. The summed E-state index contributed by atoms with van der Waals surface area (Å²) in [6.45, 7) is 2.20. The first-order chi connectivity index (χ1) is 16.4. The van der Waals surface area contributed by atoms with Crippen LogP contribution in [-0.4, -0.2) is 28.6 Å². The summed E-state index contributed by atoms with van der Waals surface area (Å²) in [5.41, 5.74) is 1.24. The molecule has 174 valence electrons. The van der Waals surface area contributed by atoms with E-state index in [2.05, 4.69) is 0 Å². The first kappa shape index (κ1) is 24.3. The van der Waals surface area contributed by atoms with E-state index < -0.39 is 17.1 Å². The fourth-order valence-electron chi connectivity index (χ4n) is 3.12. The number of thioether (sulfide) groups is 1. The SMILES string of the molecule is CCOc1cc(/C=C2\SC(=O)N(Cc3ccc(Cl)cc3Cl)C2=O)ccc1OC(=O)c1cccs1. The molecule has 0 saturated carbocycles. The summed E-state index contributed by atoms with van der Waals surface area (Å²) in [6, 6.07) is 13.3. The van der Waals surface area contributed by atoms with Gasteiger partial charge in [0.05, 0.1) is 18.1 Å². The van der Waals surface area contributed by atoms with Crippen LogP contribution in [0.4, 0.5) is 4.79 Å². The van der Waals surface area contributed by atoms with Crippen molar-refractivity contribution in [2.45, 2.75) is 13.5 Å². The van der Waals surface area contributed by atoms with Crippen molar-refractivity contribution < 1.29 is 23.9 Å². The molecule has 0 atom stereocenters. The lowest BCUT2D eigenvalue weighted by atomic mass is 10.1. The molecule has 0 N–H and O–H groups in total. The maximum Gasteiger partial charge on any atom is 0.353 e. The molecule has 1 fully saturated rings. The Bertz CT molecular complexity index is 1290. The maximum atomic E-state index is 12.9. The van der Waals surface area contributed by atoms with Crippen molar-refractivity contribution in [3.05, 3.63) is 84.9 Å². The number of rotatable bonds is 7. The minimum atomic E-state index is -0.481. The zero-order valence-corrected chi connectivity index (χ0v) is 20.9. The monoisotopic (exact) mass is 533 g/mol. The Morgan fingerprint density at radius 3 is 2.62 bits per heavy atom. The van der Waals surface area contributed by atoms with Crippen molar-refractivity contribution in [1.29, 1.82) is 0 Å². The molecule has 1 aliphatic heterocycles. The van der Waals surface area contributed by atoms with Crippen LogP contribution in [0.5, 0.6) is 11.5 Å². The van der Waals surface area contributed by atoms with Crippen molar-refractivity contribution in [2.75, 3.05) is 6.61 Å². The lowest BCUT2D eigenvalue weighted by Gasteiger charge is -2.13. The quantitative estimate of drug-likeness (QED) is 0.186. The van der Waals surface area contributed by atoms with Gasteiger partial charge in [-0.05, 0) is 71.6 Å². The Kier molecular flexibility index (Phi) is 7.63. The number of halogens is 2. The van der Waals surface area contributed by atoms with Gasteiger partial charge >= 0.3 is 5.97 Å². The normalized spacial score (nSPS) is 14.7. The van der Waals surface area contributed by atoms with Gasteiger partial charge in [0.1, 0.15) is 4.88 Å². The van der Waals surface area contributed by atoms with Crippen molar-refractivity contribution in [3.8, 4) is 11.5 Å². The molecule has 10 heteroatoms. The highest BCUT2D eigenvalue weighted by molar-refractivity contribution is 8.18. The lowest BCUT2D eigenvalue weighted by Crippen LogP contribution is -2.27. The Morgan fingerprint density at radius 2 is 1.91 bits per heavy atom. The van der Waals surface area contributed by atoms with Gasteiger partial charge in [-0.15, -0.1) is 11.3 Å². The van der Waals surface area contributed by atoms with E-state index in [1.165, 1.54) is 11.3 Å². The summed E-state index contributed by atoms with van der Waals surface area (Å²) in [5.74, 6) is -0.283. The van der Waals surface area contributed by atoms with E-state index in [1.807, 2.05) is 6.92 Å². The number of benzene rings is 2. The number of hydrogen-bond acceptors (Lipinski definition) is 7. The van der Waals surface area contributed by atoms with E-state index in [-0.39, 0.29) is 17.2 Å². The van der Waals surface area contributed by atoms with E-state index in [1.54, 1.807) is 60.0 Å². The van der Waals surface area contributed by atoms with Crippen molar-refractivity contribution in [2.24, 2.45) is 0 Å². The topological polar surface area (TPSA) is 72.9 Å². The average Bonchev–Trinajstić information content (AvgIpc) is 3.42. The predicted molar refractivity (Wildman–Crippen MR) is 135 cm³/mol. The molecule has 0 radical (unpaired) electrons. The number of nitrogens with zero attached hydrogens (tertiary/aromatic N) is 1. The lowest BCUT2D eigenvalue weighted by molar-refractivity contribution is -0.123. The van der Waals surface area contributed by atoms with Crippen LogP contribution in [0.1, 0.15) is 27.7 Å². The maximum absolute atomic E-state index is 12.9. The van der Waals surface area contributed by atoms with E-state index in [0.29, 0.717) is 38.4 Å². The molecule has 2 amide bonds. The third kappa shape index (κ3) is 5.47. The molecular formula is C24H17Cl2NO5S2. The van der Waals surface area contributed by atoms with Crippen LogP contribution < -0.4 is 9.47 Å². The number of esters is 1. The standard InChI is InChI=1S/C24H17Cl2NO5S2/c1-2-31-19-10-14(5-8-18(19)32-23(29)20-4-3-9-33-20)11-21-22(28)27(24(30)34-21)13-15-6-7-16(25)12-17(15)26/h3-12H,2,13H2,1H3/b21-11-. The fourth-order valence-corrected chi connectivity index (χ4v) is 5.03.